The first-order chi connectivity index (χ1) is 8.00. The highest BCUT2D eigenvalue weighted by Gasteiger charge is 2.08. The standard InChI is InChI=1S/C11H16N4O2/c1-7-2-3-8(9(12)6-7)10(16)14-4-5-15-11(13)17/h2-3,6H,4-5,12H2,1H3,(H,14,16)(H3,13,15,17). The molecule has 6 nitrogen and oxygen atoms in total. The number of urea groups is 1. The van der Waals surface area contributed by atoms with Gasteiger partial charge in [0.25, 0.3) is 5.91 Å². The summed E-state index contributed by atoms with van der Waals surface area (Å²) in [6.07, 6.45) is 0. The van der Waals surface area contributed by atoms with Crippen LogP contribution in [0.3, 0.4) is 0 Å². The van der Waals surface area contributed by atoms with Gasteiger partial charge in [-0.3, -0.25) is 4.79 Å². The van der Waals surface area contributed by atoms with Crippen molar-refractivity contribution in [3.8, 4) is 0 Å². The Balaban J connectivity index is 2.50. The van der Waals surface area contributed by atoms with Crippen LogP contribution < -0.4 is 22.1 Å². The highest BCUT2D eigenvalue weighted by molar-refractivity contribution is 5.99. The quantitative estimate of drug-likeness (QED) is 0.435. The molecule has 0 atom stereocenters. The zero-order valence-electron chi connectivity index (χ0n) is 9.62. The fraction of sp³-hybridized carbons (Fsp3) is 0.273. The lowest BCUT2D eigenvalue weighted by molar-refractivity contribution is 0.0955. The molecule has 92 valence electrons. The average molecular weight is 236 g/mol. The molecule has 3 amide bonds. The molecular weight excluding hydrogens is 220 g/mol. The topological polar surface area (TPSA) is 110 Å². The summed E-state index contributed by atoms with van der Waals surface area (Å²) in [7, 11) is 0. The second-order valence-corrected chi connectivity index (χ2v) is 3.64. The Morgan fingerprint density at radius 2 is 1.88 bits per heavy atom. The molecule has 0 heterocycles. The van der Waals surface area contributed by atoms with E-state index in [0.717, 1.165) is 5.56 Å². The van der Waals surface area contributed by atoms with E-state index in [1.165, 1.54) is 0 Å². The van der Waals surface area contributed by atoms with E-state index in [9.17, 15) is 9.59 Å². The van der Waals surface area contributed by atoms with Crippen LogP contribution in [0.15, 0.2) is 18.2 Å². The van der Waals surface area contributed by atoms with Gasteiger partial charge < -0.3 is 22.1 Å². The van der Waals surface area contributed by atoms with Gasteiger partial charge in [-0.05, 0) is 24.6 Å². The monoisotopic (exact) mass is 236 g/mol. The lowest BCUT2D eigenvalue weighted by Gasteiger charge is -2.08. The van der Waals surface area contributed by atoms with E-state index < -0.39 is 6.03 Å². The third kappa shape index (κ3) is 4.02. The molecule has 1 aromatic carbocycles. The molecule has 0 saturated heterocycles. The van der Waals surface area contributed by atoms with Crippen LogP contribution in [-0.2, 0) is 0 Å². The van der Waals surface area contributed by atoms with Crippen LogP contribution in [-0.4, -0.2) is 25.0 Å². The number of hydrogen-bond acceptors (Lipinski definition) is 3. The number of carbonyl (C=O) groups excluding carboxylic acids is 2. The Hall–Kier alpha value is -2.24. The molecule has 6 heteroatoms. The maximum atomic E-state index is 11.7. The number of amides is 3. The fourth-order valence-corrected chi connectivity index (χ4v) is 1.35. The van der Waals surface area contributed by atoms with Gasteiger partial charge >= 0.3 is 6.03 Å². The summed E-state index contributed by atoms with van der Waals surface area (Å²) >= 11 is 0. The summed E-state index contributed by atoms with van der Waals surface area (Å²) in [4.78, 5) is 22.1. The van der Waals surface area contributed by atoms with Crippen molar-refractivity contribution < 1.29 is 9.59 Å². The molecule has 0 aliphatic rings. The van der Waals surface area contributed by atoms with Gasteiger partial charge in [0.15, 0.2) is 0 Å². The van der Waals surface area contributed by atoms with Gasteiger partial charge in [0.2, 0.25) is 0 Å². The first-order valence-corrected chi connectivity index (χ1v) is 5.18. The summed E-state index contributed by atoms with van der Waals surface area (Å²) in [5.41, 5.74) is 12.5. The second-order valence-electron chi connectivity index (χ2n) is 3.64. The molecule has 0 saturated carbocycles. The van der Waals surface area contributed by atoms with Crippen molar-refractivity contribution in [2.75, 3.05) is 18.8 Å². The van der Waals surface area contributed by atoms with Crippen molar-refractivity contribution in [2.24, 2.45) is 5.73 Å². The summed E-state index contributed by atoms with van der Waals surface area (Å²) < 4.78 is 0. The third-order valence-corrected chi connectivity index (χ3v) is 2.16. The Morgan fingerprint density at radius 1 is 1.24 bits per heavy atom. The predicted octanol–water partition coefficient (Wildman–Crippen LogP) is -0.0247. The number of aryl methyl sites for hydroxylation is 1. The third-order valence-electron chi connectivity index (χ3n) is 2.16. The number of nitrogen functional groups attached to an aromatic ring is 1. The number of primary amides is 1. The average Bonchev–Trinajstić information content (AvgIpc) is 2.23. The zero-order valence-corrected chi connectivity index (χ0v) is 9.62. The van der Waals surface area contributed by atoms with Crippen molar-refractivity contribution in [2.45, 2.75) is 6.92 Å². The minimum atomic E-state index is -0.617. The van der Waals surface area contributed by atoms with Gasteiger partial charge in [-0.15, -0.1) is 0 Å². The lowest BCUT2D eigenvalue weighted by atomic mass is 10.1. The maximum Gasteiger partial charge on any atom is 0.312 e. The molecule has 0 aromatic heterocycles. The van der Waals surface area contributed by atoms with E-state index in [4.69, 9.17) is 11.5 Å². The largest absolute Gasteiger partial charge is 0.398 e. The SMILES string of the molecule is Cc1ccc(C(=O)NCCNC(N)=O)c(N)c1. The van der Waals surface area contributed by atoms with Crippen LogP contribution in [0.4, 0.5) is 10.5 Å². The molecule has 1 rings (SSSR count). The van der Waals surface area contributed by atoms with Crippen molar-refractivity contribution in [3.05, 3.63) is 29.3 Å². The van der Waals surface area contributed by atoms with Gasteiger partial charge in [0, 0.05) is 18.8 Å². The van der Waals surface area contributed by atoms with Crippen LogP contribution in [0, 0.1) is 6.92 Å². The first kappa shape index (κ1) is 12.8. The van der Waals surface area contributed by atoms with Gasteiger partial charge in [0.05, 0.1) is 5.56 Å². The zero-order chi connectivity index (χ0) is 12.8. The molecule has 6 N–H and O–H groups in total. The van der Waals surface area contributed by atoms with Crippen LogP contribution in [0.1, 0.15) is 15.9 Å². The number of nitrogens with two attached hydrogens (primary N) is 2. The van der Waals surface area contributed by atoms with Crippen LogP contribution in [0.5, 0.6) is 0 Å². The highest BCUT2D eigenvalue weighted by atomic mass is 16.2. The molecular formula is C11H16N4O2. The van der Waals surface area contributed by atoms with E-state index in [1.807, 2.05) is 13.0 Å². The van der Waals surface area contributed by atoms with Crippen LogP contribution >= 0.6 is 0 Å². The molecule has 1 aromatic rings. The molecule has 0 bridgehead atoms. The number of anilines is 1. The van der Waals surface area contributed by atoms with E-state index >= 15 is 0 Å². The van der Waals surface area contributed by atoms with Crippen LogP contribution in [0.25, 0.3) is 0 Å². The molecule has 0 spiro atoms. The summed E-state index contributed by atoms with van der Waals surface area (Å²) in [6, 6.07) is 4.60. The molecule has 0 aliphatic heterocycles. The van der Waals surface area contributed by atoms with Crippen LogP contribution in [0.2, 0.25) is 0 Å². The minimum Gasteiger partial charge on any atom is -0.398 e. The highest BCUT2D eigenvalue weighted by Crippen LogP contribution is 2.13. The molecule has 0 unspecified atom stereocenters. The summed E-state index contributed by atoms with van der Waals surface area (Å²) in [5, 5.41) is 4.99. The predicted molar refractivity (Wildman–Crippen MR) is 65.5 cm³/mol. The van der Waals surface area contributed by atoms with Gasteiger partial charge in [0.1, 0.15) is 0 Å². The molecule has 17 heavy (non-hydrogen) atoms. The second kappa shape index (κ2) is 5.74. The molecule has 0 radical (unpaired) electrons. The van der Waals surface area contributed by atoms with Crippen molar-refractivity contribution in [1.29, 1.82) is 0 Å². The van der Waals surface area contributed by atoms with E-state index in [2.05, 4.69) is 10.6 Å². The first-order valence-electron chi connectivity index (χ1n) is 5.18. The van der Waals surface area contributed by atoms with Gasteiger partial charge in [-0.25, -0.2) is 4.79 Å². The Kier molecular flexibility index (Phi) is 4.33. The van der Waals surface area contributed by atoms with E-state index in [-0.39, 0.29) is 12.5 Å². The van der Waals surface area contributed by atoms with Crippen molar-refractivity contribution in [1.82, 2.24) is 10.6 Å². The van der Waals surface area contributed by atoms with Crippen molar-refractivity contribution in [3.63, 3.8) is 0 Å². The smallest absolute Gasteiger partial charge is 0.312 e. The maximum absolute atomic E-state index is 11.7. The van der Waals surface area contributed by atoms with E-state index in [0.29, 0.717) is 17.8 Å². The Morgan fingerprint density at radius 3 is 2.47 bits per heavy atom. The van der Waals surface area contributed by atoms with E-state index in [1.54, 1.807) is 12.1 Å². The number of benzene rings is 1. The molecule has 0 fully saturated rings. The summed E-state index contributed by atoms with van der Waals surface area (Å²) in [6.45, 7) is 2.48. The number of hydrogen-bond donors (Lipinski definition) is 4. The molecule has 0 aliphatic carbocycles. The number of carbonyl (C=O) groups is 2. The van der Waals surface area contributed by atoms with Gasteiger partial charge in [-0.1, -0.05) is 6.07 Å². The number of rotatable bonds is 4. The number of nitrogens with one attached hydrogen (secondary N) is 2. The minimum absolute atomic E-state index is 0.270. The van der Waals surface area contributed by atoms with Gasteiger partial charge in [-0.2, -0.15) is 0 Å². The normalized spacial score (nSPS) is 9.71. The summed E-state index contributed by atoms with van der Waals surface area (Å²) in [5.74, 6) is -0.270. The Bertz CT molecular complexity index is 431. The lowest BCUT2D eigenvalue weighted by Crippen LogP contribution is -2.37. The van der Waals surface area contributed by atoms with Crippen molar-refractivity contribution >= 4 is 17.6 Å². The fourth-order valence-electron chi connectivity index (χ4n) is 1.35. The Labute approximate surface area is 99.4 Å².